The number of hydrogen-bond donors (Lipinski definition) is 1. The zero-order valence-corrected chi connectivity index (χ0v) is 14.6. The van der Waals surface area contributed by atoms with Crippen LogP contribution < -0.4 is 5.32 Å². The molecule has 0 atom stereocenters. The van der Waals surface area contributed by atoms with Crippen molar-refractivity contribution in [3.05, 3.63) is 71.6 Å². The highest BCUT2D eigenvalue weighted by molar-refractivity contribution is 5.93. The number of nitrogens with one attached hydrogen (secondary N) is 1. The van der Waals surface area contributed by atoms with Gasteiger partial charge in [0.2, 0.25) is 0 Å². The summed E-state index contributed by atoms with van der Waals surface area (Å²) >= 11 is 0. The summed E-state index contributed by atoms with van der Waals surface area (Å²) in [6.07, 6.45) is 3.31. The summed E-state index contributed by atoms with van der Waals surface area (Å²) in [7, 11) is 0. The van der Waals surface area contributed by atoms with Crippen LogP contribution in [0.1, 0.15) is 22.6 Å². The molecule has 0 radical (unpaired) electrons. The van der Waals surface area contributed by atoms with Crippen molar-refractivity contribution in [2.45, 2.75) is 27.3 Å². The first-order valence-electron chi connectivity index (χ1n) is 8.30. The summed E-state index contributed by atoms with van der Waals surface area (Å²) in [4.78, 5) is 9.02. The van der Waals surface area contributed by atoms with Gasteiger partial charge in [-0.15, -0.1) is 0 Å². The lowest BCUT2D eigenvalue weighted by Crippen LogP contribution is -2.02. The summed E-state index contributed by atoms with van der Waals surface area (Å²) < 4.78 is 7.68. The molecule has 4 aromatic rings. The Morgan fingerprint density at radius 2 is 1.96 bits per heavy atom. The maximum atomic E-state index is 5.51. The number of aromatic nitrogens is 3. The Labute approximate surface area is 146 Å². The average molecular weight is 332 g/mol. The second-order valence-corrected chi connectivity index (χ2v) is 6.29. The summed E-state index contributed by atoms with van der Waals surface area (Å²) in [5, 5.41) is 4.49. The number of nitrogens with zero attached hydrogens (tertiary/aromatic N) is 3. The summed E-state index contributed by atoms with van der Waals surface area (Å²) in [5.74, 6) is 1.74. The quantitative estimate of drug-likeness (QED) is 0.586. The maximum absolute atomic E-state index is 5.51. The molecule has 5 heteroatoms. The molecule has 0 aliphatic heterocycles. The lowest BCUT2D eigenvalue weighted by atomic mass is 10.2. The third-order valence-electron chi connectivity index (χ3n) is 4.58. The predicted octanol–water partition coefficient (Wildman–Crippen LogP) is 4.74. The first-order chi connectivity index (χ1) is 12.1. The minimum Gasteiger partial charge on any atom is -0.467 e. The molecule has 0 spiro atoms. The van der Waals surface area contributed by atoms with Gasteiger partial charge in [-0.25, -0.2) is 9.97 Å². The van der Waals surface area contributed by atoms with Crippen molar-refractivity contribution in [1.29, 1.82) is 0 Å². The molecule has 0 saturated heterocycles. The number of benzene rings is 1. The van der Waals surface area contributed by atoms with Crippen molar-refractivity contribution in [3.8, 4) is 0 Å². The normalized spacial score (nSPS) is 11.2. The molecule has 4 rings (SSSR count). The van der Waals surface area contributed by atoms with Crippen molar-refractivity contribution in [3.63, 3.8) is 0 Å². The van der Waals surface area contributed by atoms with E-state index in [1.165, 1.54) is 16.8 Å². The lowest BCUT2D eigenvalue weighted by Gasteiger charge is -2.08. The van der Waals surface area contributed by atoms with Gasteiger partial charge >= 0.3 is 0 Å². The van der Waals surface area contributed by atoms with Crippen LogP contribution in [0.4, 0.5) is 11.5 Å². The van der Waals surface area contributed by atoms with E-state index < -0.39 is 0 Å². The Kier molecular flexibility index (Phi) is 3.76. The monoisotopic (exact) mass is 332 g/mol. The number of fused-ring (bicyclic) bond motifs is 1. The van der Waals surface area contributed by atoms with Crippen LogP contribution in [0.2, 0.25) is 0 Å². The highest BCUT2D eigenvalue weighted by atomic mass is 16.3. The second kappa shape index (κ2) is 6.09. The van der Waals surface area contributed by atoms with Crippen LogP contribution in [0, 0.1) is 20.8 Å². The first kappa shape index (κ1) is 15.4. The number of hydrogen-bond acceptors (Lipinski definition) is 4. The fourth-order valence-electron chi connectivity index (χ4n) is 3.17. The molecular formula is C20H20N4O. The van der Waals surface area contributed by atoms with E-state index in [4.69, 9.17) is 4.42 Å². The number of furan rings is 1. The van der Waals surface area contributed by atoms with Crippen molar-refractivity contribution < 1.29 is 4.42 Å². The van der Waals surface area contributed by atoms with Crippen LogP contribution in [0.15, 0.2) is 53.4 Å². The van der Waals surface area contributed by atoms with E-state index in [1.54, 1.807) is 12.6 Å². The molecule has 0 aliphatic carbocycles. The molecule has 126 valence electrons. The Morgan fingerprint density at radius 1 is 1.08 bits per heavy atom. The summed E-state index contributed by atoms with van der Waals surface area (Å²) in [6, 6.07) is 12.2. The molecule has 0 bridgehead atoms. The van der Waals surface area contributed by atoms with E-state index >= 15 is 0 Å². The van der Waals surface area contributed by atoms with E-state index in [2.05, 4.69) is 52.8 Å². The highest BCUT2D eigenvalue weighted by Gasteiger charge is 2.17. The fourth-order valence-corrected chi connectivity index (χ4v) is 3.17. The summed E-state index contributed by atoms with van der Waals surface area (Å²) in [5.41, 5.74) is 5.49. The van der Waals surface area contributed by atoms with Crippen molar-refractivity contribution in [2.24, 2.45) is 0 Å². The average Bonchev–Trinajstić information content (AvgIpc) is 3.19. The van der Waals surface area contributed by atoms with Gasteiger partial charge in [-0.1, -0.05) is 12.1 Å². The molecule has 0 amide bonds. The largest absolute Gasteiger partial charge is 0.467 e. The lowest BCUT2D eigenvalue weighted by molar-refractivity contribution is 0.494. The number of rotatable bonds is 4. The smallest absolute Gasteiger partial charge is 0.146 e. The molecule has 0 fully saturated rings. The molecular weight excluding hydrogens is 312 g/mol. The van der Waals surface area contributed by atoms with E-state index in [0.717, 1.165) is 28.3 Å². The molecule has 3 aromatic heterocycles. The third kappa shape index (κ3) is 2.78. The minimum absolute atomic E-state index is 0.657. The molecule has 5 nitrogen and oxygen atoms in total. The number of anilines is 2. The fraction of sp³-hybridized carbons (Fsp3) is 0.200. The van der Waals surface area contributed by atoms with Crippen LogP contribution >= 0.6 is 0 Å². The van der Waals surface area contributed by atoms with Gasteiger partial charge < -0.3 is 14.3 Å². The van der Waals surface area contributed by atoms with Crippen LogP contribution in [0.3, 0.4) is 0 Å². The Bertz CT molecular complexity index is 1030. The second-order valence-electron chi connectivity index (χ2n) is 6.29. The molecule has 25 heavy (non-hydrogen) atoms. The Hall–Kier alpha value is -3.08. The van der Waals surface area contributed by atoms with Gasteiger partial charge in [-0.3, -0.25) is 0 Å². The molecule has 0 saturated carbocycles. The van der Waals surface area contributed by atoms with E-state index in [-0.39, 0.29) is 0 Å². The van der Waals surface area contributed by atoms with Crippen LogP contribution in [-0.4, -0.2) is 14.5 Å². The molecule has 0 aliphatic rings. The molecule has 1 N–H and O–H groups in total. The van der Waals surface area contributed by atoms with Crippen LogP contribution in [0.5, 0.6) is 0 Å². The van der Waals surface area contributed by atoms with Gasteiger partial charge in [0.05, 0.1) is 18.2 Å². The van der Waals surface area contributed by atoms with Crippen molar-refractivity contribution >= 4 is 22.5 Å². The zero-order valence-electron chi connectivity index (χ0n) is 14.6. The van der Waals surface area contributed by atoms with Gasteiger partial charge in [-0.05, 0) is 56.2 Å². The molecule has 3 heterocycles. The zero-order chi connectivity index (χ0) is 17.4. The van der Waals surface area contributed by atoms with Gasteiger partial charge in [-0.2, -0.15) is 0 Å². The topological polar surface area (TPSA) is 55.9 Å². The van der Waals surface area contributed by atoms with Crippen molar-refractivity contribution in [1.82, 2.24) is 14.5 Å². The summed E-state index contributed by atoms with van der Waals surface area (Å²) in [6.45, 7) is 6.96. The van der Waals surface area contributed by atoms with Crippen LogP contribution in [-0.2, 0) is 6.54 Å². The maximum Gasteiger partial charge on any atom is 0.146 e. The molecule has 1 aromatic carbocycles. The highest BCUT2D eigenvalue weighted by Crippen LogP contribution is 2.31. The van der Waals surface area contributed by atoms with Gasteiger partial charge in [0.25, 0.3) is 0 Å². The van der Waals surface area contributed by atoms with Crippen LogP contribution in [0.25, 0.3) is 11.0 Å². The van der Waals surface area contributed by atoms with E-state index in [9.17, 15) is 0 Å². The van der Waals surface area contributed by atoms with Crippen molar-refractivity contribution in [2.75, 3.05) is 5.32 Å². The van der Waals surface area contributed by atoms with Gasteiger partial charge in [0.15, 0.2) is 0 Å². The minimum atomic E-state index is 0.657. The Balaban J connectivity index is 1.81. The Morgan fingerprint density at radius 3 is 2.72 bits per heavy atom. The molecule has 0 unspecified atom stereocenters. The van der Waals surface area contributed by atoms with Gasteiger partial charge in [0.1, 0.15) is 23.6 Å². The van der Waals surface area contributed by atoms with Gasteiger partial charge in [0, 0.05) is 11.4 Å². The SMILES string of the molecule is Cc1cccc(Nc2ncnc3c2c(C)c(C)n3Cc2ccco2)c1. The van der Waals surface area contributed by atoms with E-state index in [1.807, 2.05) is 24.3 Å². The van der Waals surface area contributed by atoms with E-state index in [0.29, 0.717) is 6.54 Å². The number of aryl methyl sites for hydroxylation is 2. The predicted molar refractivity (Wildman–Crippen MR) is 99.3 cm³/mol. The first-order valence-corrected chi connectivity index (χ1v) is 8.30. The third-order valence-corrected chi connectivity index (χ3v) is 4.58. The standard InChI is InChI=1S/C20H20N4O/c1-13-6-4-7-16(10-13)23-19-18-14(2)15(3)24(20(18)22-12-21-19)11-17-8-5-9-25-17/h4-10,12H,11H2,1-3H3,(H,21,22,23).